The standard InChI is InChI=1S/C14H28N2O2/c1-2-3-4-5-10-18-11-8-12-7-6-9-14(12,16)13(15)17/h12H,2-11,16H2,1H3,(H2,15,17). The van der Waals surface area contributed by atoms with Crippen molar-refractivity contribution in [2.24, 2.45) is 17.4 Å². The van der Waals surface area contributed by atoms with Crippen molar-refractivity contribution in [3.05, 3.63) is 0 Å². The molecule has 4 N–H and O–H groups in total. The van der Waals surface area contributed by atoms with Gasteiger partial charge in [0.2, 0.25) is 5.91 Å². The Labute approximate surface area is 110 Å². The van der Waals surface area contributed by atoms with Crippen molar-refractivity contribution in [1.82, 2.24) is 0 Å². The highest BCUT2D eigenvalue weighted by atomic mass is 16.5. The van der Waals surface area contributed by atoms with Crippen LogP contribution in [0.3, 0.4) is 0 Å². The second kappa shape index (κ2) is 7.74. The Morgan fingerprint density at radius 1 is 1.33 bits per heavy atom. The van der Waals surface area contributed by atoms with E-state index in [0.717, 1.165) is 38.7 Å². The van der Waals surface area contributed by atoms with Crippen LogP contribution in [0, 0.1) is 5.92 Å². The molecule has 0 spiro atoms. The van der Waals surface area contributed by atoms with Crippen LogP contribution in [-0.2, 0) is 9.53 Å². The van der Waals surface area contributed by atoms with Gasteiger partial charge in [-0.1, -0.05) is 32.6 Å². The van der Waals surface area contributed by atoms with E-state index in [1.54, 1.807) is 0 Å². The zero-order valence-electron chi connectivity index (χ0n) is 11.6. The van der Waals surface area contributed by atoms with E-state index in [4.69, 9.17) is 16.2 Å². The van der Waals surface area contributed by atoms with Crippen molar-refractivity contribution < 1.29 is 9.53 Å². The summed E-state index contributed by atoms with van der Waals surface area (Å²) in [6, 6.07) is 0. The lowest BCUT2D eigenvalue weighted by Gasteiger charge is -2.27. The first-order chi connectivity index (χ1) is 8.61. The lowest BCUT2D eigenvalue weighted by atomic mass is 9.85. The molecule has 0 aromatic rings. The van der Waals surface area contributed by atoms with Crippen molar-refractivity contribution in [2.45, 2.75) is 63.8 Å². The average Bonchev–Trinajstić information content (AvgIpc) is 2.71. The molecule has 2 atom stereocenters. The fourth-order valence-electron chi connectivity index (χ4n) is 2.79. The molecule has 1 amide bonds. The summed E-state index contributed by atoms with van der Waals surface area (Å²) in [4.78, 5) is 11.4. The number of carbonyl (C=O) groups is 1. The Kier molecular flexibility index (Phi) is 6.65. The van der Waals surface area contributed by atoms with Gasteiger partial charge in [-0.3, -0.25) is 4.79 Å². The average molecular weight is 256 g/mol. The van der Waals surface area contributed by atoms with Gasteiger partial charge in [0, 0.05) is 13.2 Å². The number of primary amides is 1. The summed E-state index contributed by atoms with van der Waals surface area (Å²) in [5.41, 5.74) is 10.7. The van der Waals surface area contributed by atoms with E-state index in [0.29, 0.717) is 6.61 Å². The fraction of sp³-hybridized carbons (Fsp3) is 0.929. The number of hydrogen-bond donors (Lipinski definition) is 2. The summed E-state index contributed by atoms with van der Waals surface area (Å²) in [5.74, 6) is -0.154. The van der Waals surface area contributed by atoms with Crippen molar-refractivity contribution in [3.8, 4) is 0 Å². The molecule has 0 heterocycles. The monoisotopic (exact) mass is 256 g/mol. The summed E-state index contributed by atoms with van der Waals surface area (Å²) in [7, 11) is 0. The highest BCUT2D eigenvalue weighted by molar-refractivity contribution is 5.85. The number of unbranched alkanes of at least 4 members (excludes halogenated alkanes) is 3. The van der Waals surface area contributed by atoms with E-state index in [-0.39, 0.29) is 11.8 Å². The van der Waals surface area contributed by atoms with Gasteiger partial charge in [0.1, 0.15) is 0 Å². The molecule has 0 aliphatic heterocycles. The van der Waals surface area contributed by atoms with Gasteiger partial charge >= 0.3 is 0 Å². The summed E-state index contributed by atoms with van der Waals surface area (Å²) >= 11 is 0. The van der Waals surface area contributed by atoms with Gasteiger partial charge in [0.25, 0.3) is 0 Å². The molecule has 4 nitrogen and oxygen atoms in total. The first-order valence-electron chi connectivity index (χ1n) is 7.27. The molecule has 106 valence electrons. The molecule has 1 saturated carbocycles. The Morgan fingerprint density at radius 3 is 2.78 bits per heavy atom. The molecule has 0 aromatic carbocycles. The van der Waals surface area contributed by atoms with Crippen LogP contribution in [0.15, 0.2) is 0 Å². The highest BCUT2D eigenvalue weighted by Gasteiger charge is 2.43. The quantitative estimate of drug-likeness (QED) is 0.619. The first kappa shape index (κ1) is 15.4. The highest BCUT2D eigenvalue weighted by Crippen LogP contribution is 2.35. The van der Waals surface area contributed by atoms with Gasteiger partial charge in [-0.2, -0.15) is 0 Å². The van der Waals surface area contributed by atoms with Crippen LogP contribution >= 0.6 is 0 Å². The Hall–Kier alpha value is -0.610. The molecular weight excluding hydrogens is 228 g/mol. The predicted octanol–water partition coefficient (Wildman–Crippen LogP) is 1.96. The summed E-state index contributed by atoms with van der Waals surface area (Å²) in [5, 5.41) is 0. The third-order valence-corrected chi connectivity index (χ3v) is 4.08. The third-order valence-electron chi connectivity index (χ3n) is 4.08. The summed E-state index contributed by atoms with van der Waals surface area (Å²) < 4.78 is 5.61. The van der Waals surface area contributed by atoms with Gasteiger partial charge in [-0.25, -0.2) is 0 Å². The second-order valence-electron chi connectivity index (χ2n) is 5.46. The minimum Gasteiger partial charge on any atom is -0.381 e. The SMILES string of the molecule is CCCCCCOCCC1CCCC1(N)C(N)=O. The van der Waals surface area contributed by atoms with Crippen LogP contribution in [0.1, 0.15) is 58.3 Å². The Morgan fingerprint density at radius 2 is 2.11 bits per heavy atom. The van der Waals surface area contributed by atoms with Gasteiger partial charge in [-0.05, 0) is 31.6 Å². The Balaban J connectivity index is 2.13. The topological polar surface area (TPSA) is 78.3 Å². The van der Waals surface area contributed by atoms with E-state index < -0.39 is 5.54 Å². The molecule has 1 aliphatic rings. The van der Waals surface area contributed by atoms with Crippen LogP contribution < -0.4 is 11.5 Å². The minimum atomic E-state index is -0.786. The molecule has 0 saturated heterocycles. The lowest BCUT2D eigenvalue weighted by molar-refractivity contribution is -0.124. The van der Waals surface area contributed by atoms with Crippen LogP contribution in [0.25, 0.3) is 0 Å². The molecule has 0 radical (unpaired) electrons. The lowest BCUT2D eigenvalue weighted by Crippen LogP contribution is -2.54. The normalized spacial score (nSPS) is 27.6. The molecule has 1 rings (SSSR count). The number of nitrogens with two attached hydrogens (primary N) is 2. The molecule has 1 aliphatic carbocycles. The van der Waals surface area contributed by atoms with E-state index in [9.17, 15) is 4.79 Å². The molecule has 1 fully saturated rings. The first-order valence-corrected chi connectivity index (χ1v) is 7.27. The van der Waals surface area contributed by atoms with Crippen LogP contribution in [0.5, 0.6) is 0 Å². The number of hydrogen-bond acceptors (Lipinski definition) is 3. The zero-order chi connectivity index (χ0) is 13.4. The largest absolute Gasteiger partial charge is 0.381 e. The second-order valence-corrected chi connectivity index (χ2v) is 5.46. The van der Waals surface area contributed by atoms with Crippen molar-refractivity contribution in [1.29, 1.82) is 0 Å². The summed E-state index contributed by atoms with van der Waals surface area (Å²) in [6.45, 7) is 3.72. The van der Waals surface area contributed by atoms with Crippen LogP contribution in [0.4, 0.5) is 0 Å². The van der Waals surface area contributed by atoms with Crippen molar-refractivity contribution in [2.75, 3.05) is 13.2 Å². The van der Waals surface area contributed by atoms with Gasteiger partial charge < -0.3 is 16.2 Å². The molecule has 18 heavy (non-hydrogen) atoms. The smallest absolute Gasteiger partial charge is 0.237 e. The van der Waals surface area contributed by atoms with Gasteiger partial charge in [-0.15, -0.1) is 0 Å². The number of carbonyl (C=O) groups excluding carboxylic acids is 1. The maximum Gasteiger partial charge on any atom is 0.237 e. The van der Waals surface area contributed by atoms with Crippen LogP contribution in [0.2, 0.25) is 0 Å². The van der Waals surface area contributed by atoms with E-state index in [2.05, 4.69) is 6.92 Å². The third kappa shape index (κ3) is 4.25. The van der Waals surface area contributed by atoms with E-state index in [1.165, 1.54) is 19.3 Å². The zero-order valence-corrected chi connectivity index (χ0v) is 11.6. The van der Waals surface area contributed by atoms with Crippen molar-refractivity contribution >= 4 is 5.91 Å². The fourth-order valence-corrected chi connectivity index (χ4v) is 2.79. The van der Waals surface area contributed by atoms with Crippen molar-refractivity contribution in [3.63, 3.8) is 0 Å². The summed E-state index contributed by atoms with van der Waals surface area (Å²) in [6.07, 6.45) is 8.47. The van der Waals surface area contributed by atoms with E-state index >= 15 is 0 Å². The molecular formula is C14H28N2O2. The molecule has 0 bridgehead atoms. The molecule has 0 aromatic heterocycles. The maximum atomic E-state index is 11.4. The van der Waals surface area contributed by atoms with E-state index in [1.807, 2.05) is 0 Å². The maximum absolute atomic E-state index is 11.4. The van der Waals surface area contributed by atoms with Crippen LogP contribution in [-0.4, -0.2) is 24.7 Å². The minimum absolute atomic E-state index is 0.200. The van der Waals surface area contributed by atoms with Gasteiger partial charge in [0.15, 0.2) is 0 Å². The number of rotatable bonds is 9. The number of ether oxygens (including phenoxy) is 1. The van der Waals surface area contributed by atoms with Gasteiger partial charge in [0.05, 0.1) is 5.54 Å². The molecule has 4 heteroatoms. The Bertz CT molecular complexity index is 258. The molecule has 2 unspecified atom stereocenters. The predicted molar refractivity (Wildman–Crippen MR) is 73.0 cm³/mol. The number of amides is 1.